The molecule has 0 fully saturated rings. The molecule has 112 valence electrons. The topological polar surface area (TPSA) is 55.6 Å². The highest BCUT2D eigenvalue weighted by Crippen LogP contribution is 2.08. The molecular formula is C16H26N2O2. The first kappa shape index (κ1) is 16.7. The summed E-state index contributed by atoms with van der Waals surface area (Å²) in [5.74, 6) is 0.178. The number of aryl methyl sites for hydroxylation is 2. The summed E-state index contributed by atoms with van der Waals surface area (Å²) in [7, 11) is 1.65. The molecule has 1 rings (SSSR count). The summed E-state index contributed by atoms with van der Waals surface area (Å²) in [6, 6.07) is 8.30. The summed E-state index contributed by atoms with van der Waals surface area (Å²) >= 11 is 0. The number of hydrogen-bond donors (Lipinski definition) is 1. The van der Waals surface area contributed by atoms with Crippen molar-refractivity contribution in [2.75, 3.05) is 33.4 Å². The van der Waals surface area contributed by atoms with E-state index in [2.05, 4.69) is 25.1 Å². The molecule has 0 aromatic heterocycles. The van der Waals surface area contributed by atoms with Crippen molar-refractivity contribution in [1.29, 1.82) is 0 Å². The molecule has 0 unspecified atom stereocenters. The summed E-state index contributed by atoms with van der Waals surface area (Å²) < 4.78 is 5.06. The highest BCUT2D eigenvalue weighted by atomic mass is 16.5. The molecule has 0 atom stereocenters. The predicted molar refractivity (Wildman–Crippen MR) is 81.6 cm³/mol. The van der Waals surface area contributed by atoms with Crippen LogP contribution >= 0.6 is 0 Å². The van der Waals surface area contributed by atoms with Gasteiger partial charge in [-0.2, -0.15) is 0 Å². The third-order valence-corrected chi connectivity index (χ3v) is 3.26. The van der Waals surface area contributed by atoms with E-state index in [1.807, 2.05) is 11.0 Å². The van der Waals surface area contributed by atoms with Crippen LogP contribution in [0.4, 0.5) is 0 Å². The molecule has 2 N–H and O–H groups in total. The summed E-state index contributed by atoms with van der Waals surface area (Å²) in [6.07, 6.45) is 2.16. The number of benzene rings is 1. The van der Waals surface area contributed by atoms with Gasteiger partial charge in [-0.05, 0) is 31.9 Å². The SMILES string of the molecule is COCCN(CCCN)C(=O)CCc1cccc(C)c1. The maximum Gasteiger partial charge on any atom is 0.222 e. The fourth-order valence-corrected chi connectivity index (χ4v) is 2.12. The van der Waals surface area contributed by atoms with Crippen LogP contribution < -0.4 is 5.73 Å². The van der Waals surface area contributed by atoms with E-state index in [1.165, 1.54) is 11.1 Å². The number of carbonyl (C=O) groups is 1. The fraction of sp³-hybridized carbons (Fsp3) is 0.562. The maximum absolute atomic E-state index is 12.2. The Morgan fingerprint density at radius 2 is 2.15 bits per heavy atom. The Balaban J connectivity index is 2.47. The summed E-state index contributed by atoms with van der Waals surface area (Å²) in [5, 5.41) is 0. The lowest BCUT2D eigenvalue weighted by atomic mass is 10.1. The van der Waals surface area contributed by atoms with Crippen molar-refractivity contribution < 1.29 is 9.53 Å². The summed E-state index contributed by atoms with van der Waals surface area (Å²) in [4.78, 5) is 14.1. The van der Waals surface area contributed by atoms with Crippen LogP contribution in [-0.4, -0.2) is 44.2 Å². The lowest BCUT2D eigenvalue weighted by Gasteiger charge is -2.22. The Bertz CT molecular complexity index is 399. The number of rotatable bonds is 9. The number of methoxy groups -OCH3 is 1. The van der Waals surface area contributed by atoms with Gasteiger partial charge in [0.25, 0.3) is 0 Å². The van der Waals surface area contributed by atoms with Gasteiger partial charge in [0.1, 0.15) is 0 Å². The van der Waals surface area contributed by atoms with Gasteiger partial charge in [-0.3, -0.25) is 4.79 Å². The fourth-order valence-electron chi connectivity index (χ4n) is 2.12. The van der Waals surface area contributed by atoms with Gasteiger partial charge in [-0.1, -0.05) is 29.8 Å². The number of nitrogens with two attached hydrogens (primary N) is 1. The van der Waals surface area contributed by atoms with Crippen LogP contribution in [0.5, 0.6) is 0 Å². The van der Waals surface area contributed by atoms with Crippen LogP contribution in [0, 0.1) is 6.92 Å². The second-order valence-corrected chi connectivity index (χ2v) is 5.00. The van der Waals surface area contributed by atoms with Gasteiger partial charge < -0.3 is 15.4 Å². The molecule has 0 radical (unpaired) electrons. The number of amides is 1. The lowest BCUT2D eigenvalue weighted by molar-refractivity contribution is -0.131. The molecule has 0 aliphatic heterocycles. The Kier molecular flexibility index (Phi) is 7.92. The molecule has 20 heavy (non-hydrogen) atoms. The van der Waals surface area contributed by atoms with E-state index in [4.69, 9.17) is 10.5 Å². The van der Waals surface area contributed by atoms with Crippen molar-refractivity contribution in [2.24, 2.45) is 5.73 Å². The molecular weight excluding hydrogens is 252 g/mol. The standard InChI is InChI=1S/C16H26N2O2/c1-14-5-3-6-15(13-14)7-8-16(19)18(10-4-9-17)11-12-20-2/h3,5-6,13H,4,7-12,17H2,1-2H3. The molecule has 0 spiro atoms. The minimum atomic E-state index is 0.178. The third-order valence-electron chi connectivity index (χ3n) is 3.26. The van der Waals surface area contributed by atoms with Gasteiger partial charge in [-0.15, -0.1) is 0 Å². The van der Waals surface area contributed by atoms with Crippen molar-refractivity contribution >= 4 is 5.91 Å². The molecule has 0 aliphatic rings. The van der Waals surface area contributed by atoms with Crippen molar-refractivity contribution in [2.45, 2.75) is 26.2 Å². The van der Waals surface area contributed by atoms with E-state index >= 15 is 0 Å². The largest absolute Gasteiger partial charge is 0.383 e. The molecule has 4 nitrogen and oxygen atoms in total. The Hall–Kier alpha value is -1.39. The van der Waals surface area contributed by atoms with Gasteiger partial charge in [0.15, 0.2) is 0 Å². The summed E-state index contributed by atoms with van der Waals surface area (Å²) in [5.41, 5.74) is 7.96. The van der Waals surface area contributed by atoms with E-state index in [1.54, 1.807) is 7.11 Å². The Morgan fingerprint density at radius 1 is 1.35 bits per heavy atom. The molecule has 1 aromatic rings. The molecule has 0 saturated carbocycles. The van der Waals surface area contributed by atoms with Gasteiger partial charge in [0, 0.05) is 26.6 Å². The zero-order valence-corrected chi connectivity index (χ0v) is 12.6. The van der Waals surface area contributed by atoms with Gasteiger partial charge in [0.2, 0.25) is 5.91 Å². The monoisotopic (exact) mass is 278 g/mol. The van der Waals surface area contributed by atoms with E-state index < -0.39 is 0 Å². The molecule has 0 saturated heterocycles. The minimum absolute atomic E-state index is 0.178. The number of carbonyl (C=O) groups excluding carboxylic acids is 1. The summed E-state index contributed by atoms with van der Waals surface area (Å²) in [6.45, 7) is 4.60. The van der Waals surface area contributed by atoms with Gasteiger partial charge in [0.05, 0.1) is 6.61 Å². The first-order valence-corrected chi connectivity index (χ1v) is 7.19. The van der Waals surface area contributed by atoms with Crippen molar-refractivity contribution in [1.82, 2.24) is 4.90 Å². The van der Waals surface area contributed by atoms with Crippen molar-refractivity contribution in [3.8, 4) is 0 Å². The van der Waals surface area contributed by atoms with E-state index in [9.17, 15) is 4.79 Å². The lowest BCUT2D eigenvalue weighted by Crippen LogP contribution is -2.35. The first-order valence-electron chi connectivity index (χ1n) is 7.19. The van der Waals surface area contributed by atoms with E-state index in [-0.39, 0.29) is 5.91 Å². The van der Waals surface area contributed by atoms with Crippen molar-refractivity contribution in [3.63, 3.8) is 0 Å². The minimum Gasteiger partial charge on any atom is -0.383 e. The average Bonchev–Trinajstić information content (AvgIpc) is 2.45. The first-order chi connectivity index (χ1) is 9.67. The predicted octanol–water partition coefficient (Wildman–Crippen LogP) is 1.75. The molecule has 0 heterocycles. The average molecular weight is 278 g/mol. The van der Waals surface area contributed by atoms with E-state index in [0.717, 1.165) is 12.8 Å². The Morgan fingerprint density at radius 3 is 2.80 bits per heavy atom. The molecule has 0 bridgehead atoms. The molecule has 1 aromatic carbocycles. The van der Waals surface area contributed by atoms with Gasteiger partial charge >= 0.3 is 0 Å². The quantitative estimate of drug-likeness (QED) is 0.749. The van der Waals surface area contributed by atoms with Crippen LogP contribution in [0.3, 0.4) is 0 Å². The van der Waals surface area contributed by atoms with Crippen molar-refractivity contribution in [3.05, 3.63) is 35.4 Å². The zero-order valence-electron chi connectivity index (χ0n) is 12.6. The molecule has 4 heteroatoms. The van der Waals surface area contributed by atoms with Gasteiger partial charge in [-0.25, -0.2) is 0 Å². The van der Waals surface area contributed by atoms with Crippen LogP contribution in [0.15, 0.2) is 24.3 Å². The van der Waals surface area contributed by atoms with E-state index in [0.29, 0.717) is 32.7 Å². The molecule has 1 amide bonds. The Labute approximate surface area is 121 Å². The second-order valence-electron chi connectivity index (χ2n) is 5.00. The van der Waals surface area contributed by atoms with Crippen LogP contribution in [-0.2, 0) is 16.0 Å². The van der Waals surface area contributed by atoms with Crippen LogP contribution in [0.1, 0.15) is 24.0 Å². The third kappa shape index (κ3) is 6.17. The zero-order chi connectivity index (χ0) is 14.8. The van der Waals surface area contributed by atoms with Crippen LogP contribution in [0.25, 0.3) is 0 Å². The van der Waals surface area contributed by atoms with Crippen LogP contribution in [0.2, 0.25) is 0 Å². The highest BCUT2D eigenvalue weighted by Gasteiger charge is 2.12. The number of ether oxygens (including phenoxy) is 1. The maximum atomic E-state index is 12.2. The normalized spacial score (nSPS) is 10.6. The number of hydrogen-bond acceptors (Lipinski definition) is 3. The smallest absolute Gasteiger partial charge is 0.222 e. The second kappa shape index (κ2) is 9.50. The molecule has 0 aliphatic carbocycles. The number of nitrogens with zero attached hydrogens (tertiary/aromatic N) is 1. The highest BCUT2D eigenvalue weighted by molar-refractivity contribution is 5.76.